The third-order valence-corrected chi connectivity index (χ3v) is 2.79. The van der Waals surface area contributed by atoms with E-state index in [-0.39, 0.29) is 11.8 Å². The van der Waals surface area contributed by atoms with E-state index in [1.165, 1.54) is 19.4 Å². The fourth-order valence-corrected chi connectivity index (χ4v) is 2.05. The third kappa shape index (κ3) is 3.44. The van der Waals surface area contributed by atoms with Crippen molar-refractivity contribution in [2.75, 3.05) is 20.1 Å². The number of nitrogens with two attached hydrogens (primary N) is 1. The number of likely N-dealkylation sites (tertiary alicyclic amines) is 1. The van der Waals surface area contributed by atoms with Crippen LogP contribution >= 0.6 is 0 Å². The molecule has 0 saturated carbocycles. The van der Waals surface area contributed by atoms with Crippen LogP contribution in [0.1, 0.15) is 26.2 Å². The highest BCUT2D eigenvalue weighted by atomic mass is 16.1. The molecule has 0 aliphatic carbocycles. The lowest BCUT2D eigenvalue weighted by atomic mass is 9.89. The zero-order chi connectivity index (χ0) is 9.84. The van der Waals surface area contributed by atoms with Crippen LogP contribution in [0.5, 0.6) is 0 Å². The molecular formula is C10H20N2O. The molecular weight excluding hydrogens is 164 g/mol. The van der Waals surface area contributed by atoms with Gasteiger partial charge in [0.25, 0.3) is 0 Å². The van der Waals surface area contributed by atoms with Gasteiger partial charge < -0.3 is 10.6 Å². The number of rotatable bonds is 3. The molecule has 3 heteroatoms. The molecule has 1 aliphatic heterocycles. The molecule has 13 heavy (non-hydrogen) atoms. The summed E-state index contributed by atoms with van der Waals surface area (Å²) in [6.07, 6.45) is 2.93. The van der Waals surface area contributed by atoms with Crippen molar-refractivity contribution in [3.05, 3.63) is 0 Å². The Morgan fingerprint density at radius 3 is 2.92 bits per heavy atom. The van der Waals surface area contributed by atoms with Gasteiger partial charge in [-0.2, -0.15) is 0 Å². The number of piperidine rings is 1. The van der Waals surface area contributed by atoms with Crippen LogP contribution in [0.25, 0.3) is 0 Å². The molecule has 0 aromatic carbocycles. The molecule has 2 N–H and O–H groups in total. The molecule has 2 atom stereocenters. The molecule has 1 rings (SSSR count). The van der Waals surface area contributed by atoms with Gasteiger partial charge in [-0.15, -0.1) is 0 Å². The number of carbonyl (C=O) groups excluding carboxylic acids is 1. The van der Waals surface area contributed by atoms with Gasteiger partial charge in [-0.25, -0.2) is 0 Å². The fourth-order valence-electron chi connectivity index (χ4n) is 2.05. The second-order valence-corrected chi connectivity index (χ2v) is 4.23. The Labute approximate surface area is 80.3 Å². The SMILES string of the molecule is CC(=O)CC(N)C1CCCN(C)C1. The molecule has 1 aliphatic rings. The minimum atomic E-state index is 0.0697. The van der Waals surface area contributed by atoms with Crippen molar-refractivity contribution in [3.8, 4) is 0 Å². The molecule has 0 amide bonds. The van der Waals surface area contributed by atoms with Crippen LogP contribution in [0.2, 0.25) is 0 Å². The standard InChI is InChI=1S/C10H20N2O/c1-8(13)6-10(11)9-4-3-5-12(2)7-9/h9-10H,3-7,11H2,1-2H3. The van der Waals surface area contributed by atoms with E-state index in [1.807, 2.05) is 0 Å². The van der Waals surface area contributed by atoms with Crippen molar-refractivity contribution < 1.29 is 4.79 Å². The first-order chi connectivity index (χ1) is 6.09. The minimum absolute atomic E-state index is 0.0697. The maximum atomic E-state index is 10.9. The van der Waals surface area contributed by atoms with Gasteiger partial charge in [0.05, 0.1) is 0 Å². The van der Waals surface area contributed by atoms with Crippen molar-refractivity contribution in [2.24, 2.45) is 11.7 Å². The summed E-state index contributed by atoms with van der Waals surface area (Å²) >= 11 is 0. The summed E-state index contributed by atoms with van der Waals surface area (Å²) in [5, 5.41) is 0. The predicted octanol–water partition coefficient (Wildman–Crippen LogP) is 0.635. The first-order valence-electron chi connectivity index (χ1n) is 5.03. The van der Waals surface area contributed by atoms with Crippen LogP contribution < -0.4 is 5.73 Å². The predicted molar refractivity (Wildman–Crippen MR) is 53.5 cm³/mol. The second-order valence-electron chi connectivity index (χ2n) is 4.23. The fraction of sp³-hybridized carbons (Fsp3) is 0.900. The maximum Gasteiger partial charge on any atom is 0.131 e. The van der Waals surface area contributed by atoms with E-state index in [0.717, 1.165) is 6.54 Å². The topological polar surface area (TPSA) is 46.3 Å². The van der Waals surface area contributed by atoms with E-state index in [1.54, 1.807) is 6.92 Å². The minimum Gasteiger partial charge on any atom is -0.327 e. The summed E-state index contributed by atoms with van der Waals surface area (Å²) < 4.78 is 0. The lowest BCUT2D eigenvalue weighted by molar-refractivity contribution is -0.117. The molecule has 1 heterocycles. The van der Waals surface area contributed by atoms with E-state index in [9.17, 15) is 4.79 Å². The Morgan fingerprint density at radius 1 is 1.69 bits per heavy atom. The highest BCUT2D eigenvalue weighted by Crippen LogP contribution is 2.19. The van der Waals surface area contributed by atoms with Gasteiger partial charge in [0, 0.05) is 19.0 Å². The molecule has 0 radical (unpaired) electrons. The molecule has 1 fully saturated rings. The van der Waals surface area contributed by atoms with E-state index in [0.29, 0.717) is 12.3 Å². The van der Waals surface area contributed by atoms with Crippen LogP contribution in [0.15, 0.2) is 0 Å². The van der Waals surface area contributed by atoms with Crippen molar-refractivity contribution in [1.82, 2.24) is 4.90 Å². The molecule has 0 aromatic heterocycles. The van der Waals surface area contributed by atoms with Gasteiger partial charge in [-0.3, -0.25) is 4.79 Å². The number of nitrogens with zero attached hydrogens (tertiary/aromatic N) is 1. The first-order valence-corrected chi connectivity index (χ1v) is 5.03. The van der Waals surface area contributed by atoms with Crippen molar-refractivity contribution >= 4 is 5.78 Å². The molecule has 1 saturated heterocycles. The number of carbonyl (C=O) groups is 1. The summed E-state index contributed by atoms with van der Waals surface area (Å²) in [7, 11) is 2.12. The molecule has 0 aromatic rings. The van der Waals surface area contributed by atoms with E-state index >= 15 is 0 Å². The molecule has 3 nitrogen and oxygen atoms in total. The number of hydrogen-bond acceptors (Lipinski definition) is 3. The number of ketones is 1. The Hall–Kier alpha value is -0.410. The second kappa shape index (κ2) is 4.72. The largest absolute Gasteiger partial charge is 0.327 e. The van der Waals surface area contributed by atoms with Gasteiger partial charge in [0.1, 0.15) is 5.78 Å². The molecule has 76 valence electrons. The van der Waals surface area contributed by atoms with E-state index < -0.39 is 0 Å². The third-order valence-electron chi connectivity index (χ3n) is 2.79. The zero-order valence-electron chi connectivity index (χ0n) is 8.62. The molecule has 2 unspecified atom stereocenters. The normalized spacial score (nSPS) is 27.2. The number of Topliss-reactive ketones (excluding diaryl/α,β-unsaturated/α-hetero) is 1. The molecule has 0 bridgehead atoms. The van der Waals surface area contributed by atoms with Crippen molar-refractivity contribution in [1.29, 1.82) is 0 Å². The number of hydrogen-bond donors (Lipinski definition) is 1. The summed E-state index contributed by atoms with van der Waals surface area (Å²) in [5.41, 5.74) is 5.96. The van der Waals surface area contributed by atoms with Crippen molar-refractivity contribution in [2.45, 2.75) is 32.2 Å². The zero-order valence-corrected chi connectivity index (χ0v) is 8.62. The Balaban J connectivity index is 2.36. The average Bonchev–Trinajstić information content (AvgIpc) is 2.03. The van der Waals surface area contributed by atoms with Gasteiger partial charge in [0.2, 0.25) is 0 Å². The van der Waals surface area contributed by atoms with Crippen molar-refractivity contribution in [3.63, 3.8) is 0 Å². The summed E-state index contributed by atoms with van der Waals surface area (Å²) in [6.45, 7) is 3.84. The van der Waals surface area contributed by atoms with Gasteiger partial charge in [-0.1, -0.05) is 0 Å². The van der Waals surface area contributed by atoms with Crippen LogP contribution in [0.4, 0.5) is 0 Å². The summed E-state index contributed by atoms with van der Waals surface area (Å²) in [6, 6.07) is 0.0697. The van der Waals surface area contributed by atoms with Crippen LogP contribution in [-0.4, -0.2) is 36.9 Å². The monoisotopic (exact) mass is 184 g/mol. The van der Waals surface area contributed by atoms with E-state index in [4.69, 9.17) is 5.73 Å². The Morgan fingerprint density at radius 2 is 2.38 bits per heavy atom. The first kappa shape index (κ1) is 10.7. The van der Waals surface area contributed by atoms with Crippen LogP contribution in [-0.2, 0) is 4.79 Å². The lowest BCUT2D eigenvalue weighted by Crippen LogP contribution is -2.42. The highest BCUT2D eigenvalue weighted by molar-refractivity contribution is 5.76. The Bertz CT molecular complexity index is 182. The molecule has 0 spiro atoms. The van der Waals surface area contributed by atoms with Gasteiger partial charge in [-0.05, 0) is 39.3 Å². The van der Waals surface area contributed by atoms with Gasteiger partial charge >= 0.3 is 0 Å². The highest BCUT2D eigenvalue weighted by Gasteiger charge is 2.23. The maximum absolute atomic E-state index is 10.9. The smallest absolute Gasteiger partial charge is 0.131 e. The quantitative estimate of drug-likeness (QED) is 0.700. The Kier molecular flexibility index (Phi) is 3.88. The average molecular weight is 184 g/mol. The van der Waals surface area contributed by atoms with Gasteiger partial charge in [0.15, 0.2) is 0 Å². The summed E-state index contributed by atoms with van der Waals surface area (Å²) in [5.74, 6) is 0.725. The lowest BCUT2D eigenvalue weighted by Gasteiger charge is -2.33. The van der Waals surface area contributed by atoms with E-state index in [2.05, 4.69) is 11.9 Å². The summed E-state index contributed by atoms with van der Waals surface area (Å²) in [4.78, 5) is 13.2. The van der Waals surface area contributed by atoms with Crippen LogP contribution in [0.3, 0.4) is 0 Å². The van der Waals surface area contributed by atoms with Crippen LogP contribution in [0, 0.1) is 5.92 Å².